The molecule has 1 fully saturated rings. The summed E-state index contributed by atoms with van der Waals surface area (Å²) >= 11 is 0. The summed E-state index contributed by atoms with van der Waals surface area (Å²) in [6.07, 6.45) is 6.44. The molecule has 0 amide bonds. The number of rotatable bonds is 5. The van der Waals surface area contributed by atoms with Gasteiger partial charge in [0, 0.05) is 18.3 Å². The smallest absolute Gasteiger partial charge is 0.335 e. The van der Waals surface area contributed by atoms with Crippen LogP contribution in [0.2, 0.25) is 0 Å². The molecule has 120 valence electrons. The number of carboxylic acid groups (broad SMARTS) is 1. The van der Waals surface area contributed by atoms with Gasteiger partial charge in [-0.25, -0.2) is 9.78 Å². The van der Waals surface area contributed by atoms with Crippen LogP contribution in [-0.2, 0) is 6.42 Å². The van der Waals surface area contributed by atoms with Crippen molar-refractivity contribution in [2.75, 3.05) is 0 Å². The molecule has 0 saturated heterocycles. The Labute approximate surface area is 139 Å². The first-order valence-electron chi connectivity index (χ1n) is 8.01. The van der Waals surface area contributed by atoms with E-state index in [4.69, 9.17) is 5.11 Å². The third-order valence-corrected chi connectivity index (χ3v) is 4.38. The van der Waals surface area contributed by atoms with Gasteiger partial charge in [0.2, 0.25) is 0 Å². The van der Waals surface area contributed by atoms with Gasteiger partial charge in [-0.1, -0.05) is 24.3 Å². The first-order chi connectivity index (χ1) is 11.7. The number of benzene rings is 1. The Bertz CT molecular complexity index is 880. The quantitative estimate of drug-likeness (QED) is 0.752. The molecule has 2 N–H and O–H groups in total. The van der Waals surface area contributed by atoms with Crippen LogP contribution in [0.3, 0.4) is 0 Å². The molecule has 1 aliphatic rings. The Morgan fingerprint density at radius 3 is 2.67 bits per heavy atom. The van der Waals surface area contributed by atoms with Crippen LogP contribution in [-0.4, -0.2) is 26.0 Å². The van der Waals surface area contributed by atoms with Crippen LogP contribution in [0, 0.1) is 0 Å². The zero-order valence-electron chi connectivity index (χ0n) is 13.1. The second kappa shape index (κ2) is 5.92. The number of aromatic carboxylic acids is 1. The number of carboxylic acids is 1. The highest BCUT2D eigenvalue weighted by Crippen LogP contribution is 2.40. The van der Waals surface area contributed by atoms with Crippen molar-refractivity contribution in [2.45, 2.75) is 25.2 Å². The Hall–Kier alpha value is -2.95. The molecule has 0 atom stereocenters. The highest BCUT2D eigenvalue weighted by molar-refractivity contribution is 5.88. The zero-order chi connectivity index (χ0) is 16.5. The third kappa shape index (κ3) is 2.93. The number of aromatic amines is 1. The van der Waals surface area contributed by atoms with Gasteiger partial charge in [0.05, 0.1) is 17.6 Å². The van der Waals surface area contributed by atoms with Crippen molar-refractivity contribution in [3.8, 4) is 11.4 Å². The minimum atomic E-state index is -0.966. The van der Waals surface area contributed by atoms with Crippen LogP contribution in [0.5, 0.6) is 0 Å². The maximum atomic E-state index is 11.1. The topological polar surface area (TPSA) is 78.9 Å². The summed E-state index contributed by atoms with van der Waals surface area (Å²) in [4.78, 5) is 22.9. The fourth-order valence-corrected chi connectivity index (χ4v) is 2.90. The average Bonchev–Trinajstić information content (AvgIpc) is 3.35. The number of H-pyrrole nitrogens is 1. The molecule has 0 bridgehead atoms. The third-order valence-electron chi connectivity index (χ3n) is 4.38. The van der Waals surface area contributed by atoms with Gasteiger partial charge in [-0.3, -0.25) is 4.98 Å². The lowest BCUT2D eigenvalue weighted by atomic mass is 10.0. The molecule has 0 unspecified atom stereocenters. The summed E-state index contributed by atoms with van der Waals surface area (Å²) < 4.78 is 0. The first kappa shape index (κ1) is 14.6. The standard InChI is InChI=1S/C19H17N3O2/c23-19(24)15-7-8-20-17(10-15)18-16(21-11-22-18)9-12-1-3-13(4-2-12)14-5-6-14/h1-4,7-8,10-11,14H,5-6,9H2,(H,21,22)(H,23,24). The summed E-state index contributed by atoms with van der Waals surface area (Å²) in [7, 11) is 0. The average molecular weight is 319 g/mol. The summed E-state index contributed by atoms with van der Waals surface area (Å²) in [6.45, 7) is 0. The van der Waals surface area contributed by atoms with E-state index in [0.717, 1.165) is 11.6 Å². The molecule has 24 heavy (non-hydrogen) atoms. The molecule has 0 spiro atoms. The summed E-state index contributed by atoms with van der Waals surface area (Å²) in [5.74, 6) is -0.212. The van der Waals surface area contributed by atoms with Crippen LogP contribution in [0.15, 0.2) is 48.9 Å². The van der Waals surface area contributed by atoms with Crippen molar-refractivity contribution in [3.63, 3.8) is 0 Å². The summed E-state index contributed by atoms with van der Waals surface area (Å²) in [6, 6.07) is 11.7. The maximum Gasteiger partial charge on any atom is 0.335 e. The van der Waals surface area contributed by atoms with Crippen molar-refractivity contribution in [1.29, 1.82) is 0 Å². The van der Waals surface area contributed by atoms with Crippen molar-refractivity contribution in [3.05, 3.63) is 71.3 Å². The lowest BCUT2D eigenvalue weighted by Crippen LogP contribution is -1.99. The molecule has 0 radical (unpaired) electrons. The fraction of sp³-hybridized carbons (Fsp3) is 0.211. The van der Waals surface area contributed by atoms with Gasteiger partial charge >= 0.3 is 5.97 Å². The predicted octanol–water partition coefficient (Wildman–Crippen LogP) is 3.64. The number of hydrogen-bond acceptors (Lipinski definition) is 3. The minimum absolute atomic E-state index is 0.211. The highest BCUT2D eigenvalue weighted by Gasteiger charge is 2.23. The van der Waals surface area contributed by atoms with Gasteiger partial charge in [-0.05, 0) is 42.0 Å². The number of imidazole rings is 1. The van der Waals surface area contributed by atoms with E-state index in [0.29, 0.717) is 17.8 Å². The number of nitrogens with one attached hydrogen (secondary N) is 1. The van der Waals surface area contributed by atoms with Crippen molar-refractivity contribution in [2.24, 2.45) is 0 Å². The Morgan fingerprint density at radius 1 is 1.17 bits per heavy atom. The van der Waals surface area contributed by atoms with Gasteiger partial charge < -0.3 is 10.1 Å². The first-order valence-corrected chi connectivity index (χ1v) is 8.01. The molecular formula is C19H17N3O2. The van der Waals surface area contributed by atoms with E-state index in [1.165, 1.54) is 36.2 Å². The van der Waals surface area contributed by atoms with E-state index in [1.54, 1.807) is 12.4 Å². The van der Waals surface area contributed by atoms with Crippen molar-refractivity contribution < 1.29 is 9.90 Å². The Kier molecular flexibility index (Phi) is 3.61. The molecule has 4 rings (SSSR count). The van der Waals surface area contributed by atoms with E-state index < -0.39 is 5.97 Å². The van der Waals surface area contributed by atoms with Gasteiger partial charge in [-0.15, -0.1) is 0 Å². The van der Waals surface area contributed by atoms with E-state index in [9.17, 15) is 4.79 Å². The van der Waals surface area contributed by atoms with Gasteiger partial charge in [-0.2, -0.15) is 0 Å². The number of pyridine rings is 1. The van der Waals surface area contributed by atoms with Crippen molar-refractivity contribution in [1.82, 2.24) is 15.0 Å². The Balaban J connectivity index is 1.60. The summed E-state index contributed by atoms with van der Waals surface area (Å²) in [5, 5.41) is 9.13. The Morgan fingerprint density at radius 2 is 1.96 bits per heavy atom. The molecule has 5 heteroatoms. The SMILES string of the molecule is O=C(O)c1ccnc(-c2nc[nH]c2Cc2ccc(C3CC3)cc2)c1. The normalized spacial score (nSPS) is 13.8. The fourth-order valence-electron chi connectivity index (χ4n) is 2.90. The van der Waals surface area contributed by atoms with E-state index in [1.807, 2.05) is 0 Å². The van der Waals surface area contributed by atoms with Gasteiger partial charge in [0.15, 0.2) is 0 Å². The molecule has 3 aromatic rings. The monoisotopic (exact) mass is 319 g/mol. The molecular weight excluding hydrogens is 302 g/mol. The van der Waals surface area contributed by atoms with Crippen LogP contribution in [0.1, 0.15) is 45.9 Å². The second-order valence-corrected chi connectivity index (χ2v) is 6.16. The number of hydrogen-bond donors (Lipinski definition) is 2. The molecule has 0 aliphatic heterocycles. The number of carbonyl (C=O) groups is 1. The molecule has 1 aromatic carbocycles. The molecule has 2 heterocycles. The molecule has 2 aromatic heterocycles. The number of nitrogens with zero attached hydrogens (tertiary/aromatic N) is 2. The molecule has 1 aliphatic carbocycles. The van der Waals surface area contributed by atoms with Crippen LogP contribution in [0.4, 0.5) is 0 Å². The highest BCUT2D eigenvalue weighted by atomic mass is 16.4. The van der Waals surface area contributed by atoms with Gasteiger partial charge in [0.1, 0.15) is 5.69 Å². The van der Waals surface area contributed by atoms with E-state index >= 15 is 0 Å². The largest absolute Gasteiger partial charge is 0.478 e. The van der Waals surface area contributed by atoms with E-state index in [2.05, 4.69) is 39.2 Å². The summed E-state index contributed by atoms with van der Waals surface area (Å²) in [5.41, 5.74) is 5.02. The predicted molar refractivity (Wildman–Crippen MR) is 90.0 cm³/mol. The minimum Gasteiger partial charge on any atom is -0.478 e. The van der Waals surface area contributed by atoms with E-state index in [-0.39, 0.29) is 5.56 Å². The van der Waals surface area contributed by atoms with Crippen molar-refractivity contribution >= 4 is 5.97 Å². The van der Waals surface area contributed by atoms with Crippen LogP contribution < -0.4 is 0 Å². The second-order valence-electron chi connectivity index (χ2n) is 6.16. The lowest BCUT2D eigenvalue weighted by Gasteiger charge is -2.05. The number of aromatic nitrogens is 3. The van der Waals surface area contributed by atoms with Crippen LogP contribution >= 0.6 is 0 Å². The lowest BCUT2D eigenvalue weighted by molar-refractivity contribution is 0.0697. The van der Waals surface area contributed by atoms with Crippen LogP contribution in [0.25, 0.3) is 11.4 Å². The molecule has 1 saturated carbocycles. The zero-order valence-corrected chi connectivity index (χ0v) is 13.1. The maximum absolute atomic E-state index is 11.1. The molecule has 5 nitrogen and oxygen atoms in total. The van der Waals surface area contributed by atoms with Gasteiger partial charge in [0.25, 0.3) is 0 Å².